The molecule has 0 radical (unpaired) electrons. The molecule has 1 heterocycles. The fraction of sp³-hybridized carbons (Fsp3) is 0.700. The van der Waals surface area contributed by atoms with E-state index in [1.165, 1.54) is 5.82 Å². The average Bonchev–Trinajstić information content (AvgIpc) is 2.51. The van der Waals surface area contributed by atoms with Crippen LogP contribution < -0.4 is 5.73 Å². The monoisotopic (exact) mass is 181 g/mol. The van der Waals surface area contributed by atoms with E-state index in [0.717, 1.165) is 25.8 Å². The number of aromatic nitrogens is 2. The molecule has 0 amide bonds. The van der Waals surface area contributed by atoms with Gasteiger partial charge in [-0.15, -0.1) is 0 Å². The second-order valence-corrected chi connectivity index (χ2v) is 3.51. The molecule has 0 aromatic carbocycles. The van der Waals surface area contributed by atoms with Crippen LogP contribution in [0.25, 0.3) is 0 Å². The minimum atomic E-state index is 0.314. The summed E-state index contributed by atoms with van der Waals surface area (Å²) in [6, 6.07) is 0.314. The summed E-state index contributed by atoms with van der Waals surface area (Å²) in [5.74, 6) is 1.17. The minimum Gasteiger partial charge on any atom is -0.335 e. The largest absolute Gasteiger partial charge is 0.335 e. The van der Waals surface area contributed by atoms with Crippen LogP contribution in [-0.2, 0) is 13.0 Å². The first-order chi connectivity index (χ1) is 6.24. The molecule has 2 N–H and O–H groups in total. The van der Waals surface area contributed by atoms with Gasteiger partial charge in [0.15, 0.2) is 0 Å². The minimum absolute atomic E-state index is 0.314. The normalized spacial score (nSPS) is 13.2. The van der Waals surface area contributed by atoms with Crippen LogP contribution in [0.3, 0.4) is 0 Å². The zero-order chi connectivity index (χ0) is 9.68. The van der Waals surface area contributed by atoms with Gasteiger partial charge in [-0.05, 0) is 19.8 Å². The lowest BCUT2D eigenvalue weighted by Crippen LogP contribution is -2.15. The van der Waals surface area contributed by atoms with E-state index >= 15 is 0 Å². The number of aryl methyl sites for hydroxylation is 2. The summed E-state index contributed by atoms with van der Waals surface area (Å²) in [6.45, 7) is 5.23. The fourth-order valence-corrected chi connectivity index (χ4v) is 1.44. The predicted octanol–water partition coefficient (Wildman–Crippen LogP) is 1.57. The molecule has 0 aliphatic heterocycles. The van der Waals surface area contributed by atoms with Gasteiger partial charge in [0.2, 0.25) is 0 Å². The summed E-state index contributed by atoms with van der Waals surface area (Å²) >= 11 is 0. The Kier molecular flexibility index (Phi) is 3.96. The second-order valence-electron chi connectivity index (χ2n) is 3.51. The van der Waals surface area contributed by atoms with Crippen molar-refractivity contribution >= 4 is 0 Å². The van der Waals surface area contributed by atoms with Crippen molar-refractivity contribution in [3.05, 3.63) is 18.2 Å². The van der Waals surface area contributed by atoms with Gasteiger partial charge in [-0.1, -0.05) is 6.92 Å². The molecule has 1 aromatic heterocycles. The molecular formula is C10H19N3. The van der Waals surface area contributed by atoms with E-state index in [9.17, 15) is 0 Å². The quantitative estimate of drug-likeness (QED) is 0.749. The number of nitrogens with two attached hydrogens (primary N) is 1. The lowest BCUT2D eigenvalue weighted by atomic mass is 10.2. The molecule has 0 aliphatic rings. The first-order valence-corrected chi connectivity index (χ1v) is 4.99. The summed E-state index contributed by atoms with van der Waals surface area (Å²) < 4.78 is 2.21. The fourth-order valence-electron chi connectivity index (χ4n) is 1.44. The van der Waals surface area contributed by atoms with Crippen LogP contribution in [0.4, 0.5) is 0 Å². The van der Waals surface area contributed by atoms with E-state index in [-0.39, 0.29) is 0 Å². The van der Waals surface area contributed by atoms with Crippen LogP contribution in [0.5, 0.6) is 0 Å². The molecule has 74 valence electrons. The second kappa shape index (κ2) is 5.02. The third-order valence-electron chi connectivity index (χ3n) is 2.18. The third kappa shape index (κ3) is 3.19. The van der Waals surface area contributed by atoms with Crippen molar-refractivity contribution in [2.45, 2.75) is 45.7 Å². The molecule has 3 nitrogen and oxygen atoms in total. The highest BCUT2D eigenvalue weighted by Crippen LogP contribution is 2.02. The molecule has 1 rings (SSSR count). The van der Waals surface area contributed by atoms with E-state index < -0.39 is 0 Å². The number of rotatable bonds is 5. The Morgan fingerprint density at radius 3 is 3.00 bits per heavy atom. The molecule has 1 unspecified atom stereocenters. The number of hydrogen-bond acceptors (Lipinski definition) is 2. The van der Waals surface area contributed by atoms with Gasteiger partial charge >= 0.3 is 0 Å². The third-order valence-corrected chi connectivity index (χ3v) is 2.18. The standard InChI is InChI=1S/C10H19N3/c1-3-10-12-6-8-13(10)7-4-5-9(2)11/h6,8-9H,3-5,7,11H2,1-2H3. The van der Waals surface area contributed by atoms with Gasteiger partial charge in [-0.3, -0.25) is 0 Å². The molecule has 0 aliphatic carbocycles. The first kappa shape index (κ1) is 10.3. The van der Waals surface area contributed by atoms with E-state index in [0.29, 0.717) is 6.04 Å². The maximum Gasteiger partial charge on any atom is 0.108 e. The molecule has 1 atom stereocenters. The summed E-state index contributed by atoms with van der Waals surface area (Å²) in [4.78, 5) is 4.26. The molecule has 13 heavy (non-hydrogen) atoms. The van der Waals surface area contributed by atoms with E-state index in [1.807, 2.05) is 12.4 Å². The van der Waals surface area contributed by atoms with Crippen molar-refractivity contribution in [3.63, 3.8) is 0 Å². The van der Waals surface area contributed by atoms with Crippen LogP contribution in [0.1, 0.15) is 32.5 Å². The van der Waals surface area contributed by atoms with Crippen molar-refractivity contribution in [2.75, 3.05) is 0 Å². The molecule has 0 bridgehead atoms. The van der Waals surface area contributed by atoms with Gasteiger partial charge in [0.25, 0.3) is 0 Å². The Bertz CT molecular complexity index is 240. The van der Waals surface area contributed by atoms with Crippen molar-refractivity contribution in [2.24, 2.45) is 5.73 Å². The Balaban J connectivity index is 2.36. The summed E-state index contributed by atoms with van der Waals surface area (Å²) in [5, 5.41) is 0. The van der Waals surface area contributed by atoms with Gasteiger partial charge in [-0.25, -0.2) is 4.98 Å². The van der Waals surface area contributed by atoms with Crippen LogP contribution >= 0.6 is 0 Å². The molecule has 1 aromatic rings. The molecule has 0 saturated heterocycles. The molecule has 0 fully saturated rings. The summed E-state index contributed by atoms with van der Waals surface area (Å²) in [7, 11) is 0. The lowest BCUT2D eigenvalue weighted by Gasteiger charge is -2.07. The van der Waals surface area contributed by atoms with Crippen LogP contribution in [0, 0.1) is 0 Å². The summed E-state index contributed by atoms with van der Waals surface area (Å²) in [5.41, 5.74) is 5.68. The molecular weight excluding hydrogens is 162 g/mol. The zero-order valence-electron chi connectivity index (χ0n) is 8.53. The highest BCUT2D eigenvalue weighted by Gasteiger charge is 2.00. The topological polar surface area (TPSA) is 43.8 Å². The number of nitrogens with zero attached hydrogens (tertiary/aromatic N) is 2. The van der Waals surface area contributed by atoms with Crippen LogP contribution in [0.2, 0.25) is 0 Å². The SMILES string of the molecule is CCc1nccn1CCCC(C)N. The zero-order valence-corrected chi connectivity index (χ0v) is 8.53. The lowest BCUT2D eigenvalue weighted by molar-refractivity contribution is 0.546. The van der Waals surface area contributed by atoms with E-state index in [1.54, 1.807) is 0 Å². The van der Waals surface area contributed by atoms with Gasteiger partial charge < -0.3 is 10.3 Å². The highest BCUT2D eigenvalue weighted by molar-refractivity contribution is 4.91. The smallest absolute Gasteiger partial charge is 0.108 e. The van der Waals surface area contributed by atoms with Gasteiger partial charge in [-0.2, -0.15) is 0 Å². The van der Waals surface area contributed by atoms with Crippen molar-refractivity contribution in [1.82, 2.24) is 9.55 Å². The number of imidazole rings is 1. The van der Waals surface area contributed by atoms with Crippen molar-refractivity contribution < 1.29 is 0 Å². The van der Waals surface area contributed by atoms with Crippen molar-refractivity contribution in [1.29, 1.82) is 0 Å². The molecule has 3 heteroatoms. The molecule has 0 spiro atoms. The molecule has 0 saturated carbocycles. The Morgan fingerprint density at radius 2 is 2.38 bits per heavy atom. The van der Waals surface area contributed by atoms with Crippen LogP contribution in [0.15, 0.2) is 12.4 Å². The van der Waals surface area contributed by atoms with Gasteiger partial charge in [0.05, 0.1) is 0 Å². The Labute approximate surface area is 80.0 Å². The van der Waals surface area contributed by atoms with Crippen molar-refractivity contribution in [3.8, 4) is 0 Å². The van der Waals surface area contributed by atoms with Crippen LogP contribution in [-0.4, -0.2) is 15.6 Å². The van der Waals surface area contributed by atoms with E-state index in [4.69, 9.17) is 5.73 Å². The Morgan fingerprint density at radius 1 is 1.62 bits per heavy atom. The maximum atomic E-state index is 5.68. The van der Waals surface area contributed by atoms with E-state index in [2.05, 4.69) is 23.4 Å². The predicted molar refractivity (Wildman–Crippen MR) is 54.5 cm³/mol. The first-order valence-electron chi connectivity index (χ1n) is 4.99. The van der Waals surface area contributed by atoms with Gasteiger partial charge in [0, 0.05) is 31.4 Å². The maximum absolute atomic E-state index is 5.68. The van der Waals surface area contributed by atoms with Gasteiger partial charge in [0.1, 0.15) is 5.82 Å². The Hall–Kier alpha value is -0.830. The number of hydrogen-bond donors (Lipinski definition) is 1. The summed E-state index contributed by atoms with van der Waals surface area (Å²) in [6.07, 6.45) is 7.14. The average molecular weight is 181 g/mol. The highest BCUT2D eigenvalue weighted by atomic mass is 15.1.